The van der Waals surface area contributed by atoms with Gasteiger partial charge in [0.2, 0.25) is 5.43 Å². The van der Waals surface area contributed by atoms with Gasteiger partial charge in [-0.3, -0.25) is 9.59 Å². The Morgan fingerprint density at radius 3 is 2.83 bits per heavy atom. The molecule has 0 bridgehead atoms. The Hall–Kier alpha value is -2.56. The predicted molar refractivity (Wildman–Crippen MR) is 64.2 cm³/mol. The summed E-state index contributed by atoms with van der Waals surface area (Å²) in [5, 5.41) is 0.913. The summed E-state index contributed by atoms with van der Waals surface area (Å²) in [6.45, 7) is 0. The van der Waals surface area contributed by atoms with E-state index in [0.717, 1.165) is 6.26 Å². The Morgan fingerprint density at radius 2 is 2.11 bits per heavy atom. The van der Waals surface area contributed by atoms with Crippen LogP contribution in [-0.4, -0.2) is 13.4 Å². The molecule has 0 saturated heterocycles. The summed E-state index contributed by atoms with van der Waals surface area (Å²) >= 11 is 0. The highest BCUT2D eigenvalue weighted by Crippen LogP contribution is 2.33. The summed E-state index contributed by atoms with van der Waals surface area (Å²) in [4.78, 5) is 22.9. The van der Waals surface area contributed by atoms with Crippen LogP contribution in [-0.2, 0) is 0 Å². The lowest BCUT2D eigenvalue weighted by Crippen LogP contribution is -2.08. The summed E-state index contributed by atoms with van der Waals surface area (Å²) in [5.41, 5.74) is 0.432. The molecule has 3 rings (SSSR count). The average molecular weight is 244 g/mol. The molecule has 18 heavy (non-hydrogen) atoms. The summed E-state index contributed by atoms with van der Waals surface area (Å²) in [6.07, 6.45) is 3.09. The van der Waals surface area contributed by atoms with Gasteiger partial charge in [-0.05, 0) is 6.07 Å². The highest BCUT2D eigenvalue weighted by atomic mass is 16.5. The Labute approximate surface area is 101 Å². The molecule has 2 heterocycles. The van der Waals surface area contributed by atoms with Crippen LogP contribution in [0.15, 0.2) is 38.3 Å². The topological polar surface area (TPSA) is 69.7 Å². The molecule has 2 aromatic heterocycles. The van der Waals surface area contributed by atoms with Crippen LogP contribution in [0.2, 0.25) is 0 Å². The number of ether oxygens (including phenoxy) is 1. The molecule has 0 fully saturated rings. The van der Waals surface area contributed by atoms with Gasteiger partial charge in [0.05, 0.1) is 24.3 Å². The maximum atomic E-state index is 12.1. The predicted octanol–water partition coefficient (Wildman–Crippen LogP) is 2.36. The average Bonchev–Trinajstić information content (AvgIpc) is 2.84. The van der Waals surface area contributed by atoms with Crippen molar-refractivity contribution < 1.29 is 18.4 Å². The first-order valence-corrected chi connectivity index (χ1v) is 5.21. The van der Waals surface area contributed by atoms with Crippen molar-refractivity contribution in [3.05, 3.63) is 40.4 Å². The fraction of sp³-hybridized carbons (Fsp3) is 0.0769. The minimum atomic E-state index is -0.411. The van der Waals surface area contributed by atoms with Gasteiger partial charge in [-0.15, -0.1) is 0 Å². The lowest BCUT2D eigenvalue weighted by atomic mass is 10.1. The van der Waals surface area contributed by atoms with Crippen molar-refractivity contribution in [3.8, 4) is 5.75 Å². The van der Waals surface area contributed by atoms with Crippen molar-refractivity contribution in [2.75, 3.05) is 7.11 Å². The van der Waals surface area contributed by atoms with E-state index in [9.17, 15) is 9.59 Å². The second-order valence-electron chi connectivity index (χ2n) is 3.75. The molecule has 0 aliphatic rings. The van der Waals surface area contributed by atoms with Crippen molar-refractivity contribution in [2.45, 2.75) is 0 Å². The zero-order chi connectivity index (χ0) is 12.7. The molecule has 1 aromatic carbocycles. The van der Waals surface area contributed by atoms with Crippen molar-refractivity contribution in [1.82, 2.24) is 0 Å². The number of carbonyl (C=O) groups is 1. The second-order valence-corrected chi connectivity index (χ2v) is 3.75. The number of furan rings is 1. The summed E-state index contributed by atoms with van der Waals surface area (Å²) in [7, 11) is 1.45. The van der Waals surface area contributed by atoms with Crippen molar-refractivity contribution >= 4 is 28.2 Å². The number of hydrogen-bond acceptors (Lipinski definition) is 5. The minimum Gasteiger partial charge on any atom is -0.495 e. The Kier molecular flexibility index (Phi) is 2.19. The van der Waals surface area contributed by atoms with Gasteiger partial charge in [0.15, 0.2) is 6.29 Å². The number of fused-ring (bicyclic) bond motifs is 2. The molecule has 0 amide bonds. The molecular formula is C13H8O5. The van der Waals surface area contributed by atoms with Crippen molar-refractivity contribution in [1.29, 1.82) is 0 Å². The van der Waals surface area contributed by atoms with Crippen LogP contribution in [0.4, 0.5) is 0 Å². The van der Waals surface area contributed by atoms with Crippen LogP contribution < -0.4 is 10.2 Å². The van der Waals surface area contributed by atoms with Gasteiger partial charge in [-0.1, -0.05) is 0 Å². The van der Waals surface area contributed by atoms with E-state index in [1.54, 1.807) is 12.1 Å². The van der Waals surface area contributed by atoms with Crippen LogP contribution >= 0.6 is 0 Å². The third kappa shape index (κ3) is 1.27. The van der Waals surface area contributed by atoms with E-state index in [0.29, 0.717) is 28.6 Å². The molecule has 0 atom stereocenters. The number of aldehydes is 1. The van der Waals surface area contributed by atoms with Crippen molar-refractivity contribution in [3.63, 3.8) is 0 Å². The highest BCUT2D eigenvalue weighted by molar-refractivity contribution is 6.02. The van der Waals surface area contributed by atoms with Gasteiger partial charge in [-0.2, -0.15) is 0 Å². The third-order valence-corrected chi connectivity index (χ3v) is 2.81. The Morgan fingerprint density at radius 1 is 1.28 bits per heavy atom. The molecule has 0 spiro atoms. The van der Waals surface area contributed by atoms with Gasteiger partial charge in [0, 0.05) is 6.07 Å². The van der Waals surface area contributed by atoms with Crippen LogP contribution in [0.5, 0.6) is 5.75 Å². The second kappa shape index (κ2) is 3.73. The van der Waals surface area contributed by atoms with E-state index >= 15 is 0 Å². The quantitative estimate of drug-likeness (QED) is 0.647. The molecule has 0 aliphatic carbocycles. The Bertz CT molecular complexity index is 809. The van der Waals surface area contributed by atoms with E-state index in [4.69, 9.17) is 13.6 Å². The largest absolute Gasteiger partial charge is 0.495 e. The molecule has 3 aromatic rings. The van der Waals surface area contributed by atoms with Crippen molar-refractivity contribution in [2.24, 2.45) is 0 Å². The molecule has 0 saturated carbocycles. The molecule has 0 N–H and O–H groups in total. The highest BCUT2D eigenvalue weighted by Gasteiger charge is 2.16. The normalized spacial score (nSPS) is 10.9. The van der Waals surface area contributed by atoms with E-state index in [-0.39, 0.29) is 10.9 Å². The van der Waals surface area contributed by atoms with E-state index in [2.05, 4.69) is 0 Å². The standard InChI is InChI=1S/C13H8O5/c1-16-13-8-2-3-17-9(8)4-10-11(13)12(15)7(5-14)6-18-10/h2-6H,1H3. The maximum absolute atomic E-state index is 12.1. The van der Waals surface area contributed by atoms with E-state index < -0.39 is 5.43 Å². The first-order chi connectivity index (χ1) is 8.76. The summed E-state index contributed by atoms with van der Waals surface area (Å²) in [5.74, 6) is 0.355. The number of carbonyl (C=O) groups excluding carboxylic acids is 1. The number of rotatable bonds is 2. The van der Waals surface area contributed by atoms with E-state index in [1.165, 1.54) is 13.4 Å². The van der Waals surface area contributed by atoms with Gasteiger partial charge in [0.1, 0.15) is 28.6 Å². The smallest absolute Gasteiger partial charge is 0.206 e. The Balaban J connectivity index is 2.61. The van der Waals surface area contributed by atoms with Crippen LogP contribution in [0.25, 0.3) is 21.9 Å². The third-order valence-electron chi connectivity index (χ3n) is 2.81. The molecule has 5 nitrogen and oxygen atoms in total. The van der Waals surface area contributed by atoms with Gasteiger partial charge >= 0.3 is 0 Å². The molecule has 90 valence electrons. The fourth-order valence-electron chi connectivity index (χ4n) is 1.98. The molecular weight excluding hydrogens is 236 g/mol. The summed E-state index contributed by atoms with van der Waals surface area (Å²) in [6, 6.07) is 3.30. The number of benzene rings is 1. The maximum Gasteiger partial charge on any atom is 0.206 e. The molecule has 0 radical (unpaired) electrons. The monoisotopic (exact) mass is 244 g/mol. The summed E-state index contributed by atoms with van der Waals surface area (Å²) < 4.78 is 15.8. The number of methoxy groups -OCH3 is 1. The SMILES string of the molecule is COc1c2ccoc2cc2occ(C=O)c(=O)c12. The van der Waals surface area contributed by atoms with Crippen LogP contribution in [0.3, 0.4) is 0 Å². The van der Waals surface area contributed by atoms with Gasteiger partial charge in [0.25, 0.3) is 0 Å². The lowest BCUT2D eigenvalue weighted by Gasteiger charge is -2.05. The zero-order valence-corrected chi connectivity index (χ0v) is 9.43. The fourth-order valence-corrected chi connectivity index (χ4v) is 1.98. The molecule has 0 aliphatic heterocycles. The first-order valence-electron chi connectivity index (χ1n) is 5.21. The lowest BCUT2D eigenvalue weighted by molar-refractivity contribution is 0.112. The molecule has 5 heteroatoms. The van der Waals surface area contributed by atoms with Gasteiger partial charge < -0.3 is 13.6 Å². The van der Waals surface area contributed by atoms with Crippen LogP contribution in [0.1, 0.15) is 10.4 Å². The van der Waals surface area contributed by atoms with E-state index in [1.807, 2.05) is 0 Å². The zero-order valence-electron chi connectivity index (χ0n) is 9.43. The van der Waals surface area contributed by atoms with Gasteiger partial charge in [-0.25, -0.2) is 0 Å². The molecule has 0 unspecified atom stereocenters. The minimum absolute atomic E-state index is 0.0383. The number of hydrogen-bond donors (Lipinski definition) is 0. The first kappa shape index (κ1) is 10.6. The van der Waals surface area contributed by atoms with Crippen LogP contribution in [0, 0.1) is 0 Å².